The first-order valence-corrected chi connectivity index (χ1v) is 8.82. The fourth-order valence-electron chi connectivity index (χ4n) is 3.26. The first kappa shape index (κ1) is 17.3. The van der Waals surface area contributed by atoms with Gasteiger partial charge in [-0.05, 0) is 49.2 Å². The number of hydrogen-bond acceptors (Lipinski definition) is 6. The van der Waals surface area contributed by atoms with Gasteiger partial charge in [0.05, 0.1) is 23.9 Å². The highest BCUT2D eigenvalue weighted by Gasteiger charge is 2.37. The van der Waals surface area contributed by atoms with Gasteiger partial charge in [0.2, 0.25) is 11.8 Å². The van der Waals surface area contributed by atoms with Gasteiger partial charge in [-0.1, -0.05) is 6.07 Å². The summed E-state index contributed by atoms with van der Waals surface area (Å²) in [7, 11) is 0. The highest BCUT2D eigenvalue weighted by molar-refractivity contribution is 5.54. The fourth-order valence-corrected chi connectivity index (χ4v) is 3.26. The second-order valence-corrected chi connectivity index (χ2v) is 6.65. The molecule has 1 aliphatic rings. The topological polar surface area (TPSA) is 78.8 Å². The van der Waals surface area contributed by atoms with E-state index in [0.717, 1.165) is 5.56 Å². The maximum Gasteiger partial charge on any atom is 0.247 e. The summed E-state index contributed by atoms with van der Waals surface area (Å²) in [6.45, 7) is 1.69. The Morgan fingerprint density at radius 2 is 1.89 bits per heavy atom. The molecule has 4 rings (SSSR count). The average molecular weight is 363 g/mol. The molecule has 0 N–H and O–H groups in total. The molecule has 0 amide bonds. The van der Waals surface area contributed by atoms with Crippen LogP contribution in [0, 0.1) is 11.3 Å². The number of nitrogens with zero attached hydrogens (tertiary/aromatic N) is 5. The van der Waals surface area contributed by atoms with Gasteiger partial charge in [0.15, 0.2) is 5.67 Å². The van der Waals surface area contributed by atoms with Crippen molar-refractivity contribution in [2.75, 3.05) is 13.1 Å². The minimum absolute atomic E-state index is 0.390. The zero-order valence-electron chi connectivity index (χ0n) is 14.7. The van der Waals surface area contributed by atoms with Crippen LogP contribution >= 0.6 is 0 Å². The number of nitriles is 1. The van der Waals surface area contributed by atoms with Crippen molar-refractivity contribution < 1.29 is 8.81 Å². The number of piperidine rings is 1. The third-order valence-corrected chi connectivity index (χ3v) is 4.86. The van der Waals surface area contributed by atoms with Crippen LogP contribution in [0.4, 0.5) is 4.39 Å². The van der Waals surface area contributed by atoms with Gasteiger partial charge >= 0.3 is 0 Å². The molecule has 6 nitrogen and oxygen atoms in total. The van der Waals surface area contributed by atoms with Crippen LogP contribution in [0.25, 0.3) is 11.5 Å². The maximum absolute atomic E-state index is 15.1. The zero-order valence-corrected chi connectivity index (χ0v) is 14.7. The number of rotatable bonds is 4. The second kappa shape index (κ2) is 7.25. The SMILES string of the molecule is N#Cc1ccc(-c2nnc(CN3CCC(F)(c4ccccn4)CC3)o2)cc1. The van der Waals surface area contributed by atoms with Gasteiger partial charge in [-0.25, -0.2) is 4.39 Å². The van der Waals surface area contributed by atoms with Crippen molar-refractivity contribution in [3.8, 4) is 17.5 Å². The van der Waals surface area contributed by atoms with Gasteiger partial charge in [-0.2, -0.15) is 5.26 Å². The zero-order chi connectivity index (χ0) is 18.7. The maximum atomic E-state index is 15.1. The van der Waals surface area contributed by atoms with E-state index >= 15 is 4.39 Å². The predicted octanol–water partition coefficient (Wildman–Crippen LogP) is 3.46. The summed E-state index contributed by atoms with van der Waals surface area (Å²) in [6, 6.07) is 14.4. The van der Waals surface area contributed by atoms with Gasteiger partial charge in [0, 0.05) is 24.8 Å². The van der Waals surface area contributed by atoms with Crippen LogP contribution in [0.2, 0.25) is 0 Å². The number of pyridine rings is 1. The lowest BCUT2D eigenvalue weighted by molar-refractivity contribution is 0.0456. The first-order valence-electron chi connectivity index (χ1n) is 8.82. The minimum Gasteiger partial charge on any atom is -0.419 e. The summed E-state index contributed by atoms with van der Waals surface area (Å²) >= 11 is 0. The van der Waals surface area contributed by atoms with Crippen LogP contribution in [-0.2, 0) is 12.2 Å². The molecule has 3 aromatic rings. The molecule has 0 atom stereocenters. The summed E-state index contributed by atoms with van der Waals surface area (Å²) in [5.74, 6) is 0.915. The Bertz CT molecular complexity index is 941. The van der Waals surface area contributed by atoms with Gasteiger partial charge in [0.1, 0.15) is 0 Å². The third-order valence-electron chi connectivity index (χ3n) is 4.86. The highest BCUT2D eigenvalue weighted by Crippen LogP contribution is 2.36. The molecule has 7 heteroatoms. The van der Waals surface area contributed by atoms with Gasteiger partial charge in [0.25, 0.3) is 0 Å². The van der Waals surface area contributed by atoms with E-state index in [-0.39, 0.29) is 0 Å². The van der Waals surface area contributed by atoms with Crippen molar-refractivity contribution in [3.63, 3.8) is 0 Å². The molecule has 1 aliphatic heterocycles. The molecule has 3 heterocycles. The molecule has 2 aromatic heterocycles. The van der Waals surface area contributed by atoms with Crippen LogP contribution in [0.1, 0.15) is 30.0 Å². The molecule has 0 radical (unpaired) electrons. The fraction of sp³-hybridized carbons (Fsp3) is 0.300. The molecule has 27 heavy (non-hydrogen) atoms. The van der Waals surface area contributed by atoms with Crippen LogP contribution < -0.4 is 0 Å². The van der Waals surface area contributed by atoms with Crippen molar-refractivity contribution >= 4 is 0 Å². The number of halogens is 1. The number of benzene rings is 1. The molecule has 0 unspecified atom stereocenters. The summed E-state index contributed by atoms with van der Waals surface area (Å²) in [5.41, 5.74) is 0.476. The average Bonchev–Trinajstić information content (AvgIpc) is 3.19. The van der Waals surface area contributed by atoms with E-state index in [1.54, 1.807) is 42.6 Å². The molecule has 136 valence electrons. The molecular formula is C20H18FN5O. The Balaban J connectivity index is 1.38. The van der Waals surface area contributed by atoms with Gasteiger partial charge in [-0.3, -0.25) is 9.88 Å². The Morgan fingerprint density at radius 1 is 1.11 bits per heavy atom. The number of aromatic nitrogens is 3. The summed E-state index contributed by atoms with van der Waals surface area (Å²) in [5, 5.41) is 17.0. The number of alkyl halides is 1. The second-order valence-electron chi connectivity index (χ2n) is 6.65. The van der Waals surface area contributed by atoms with Crippen LogP contribution in [0.5, 0.6) is 0 Å². The molecule has 1 aromatic carbocycles. The van der Waals surface area contributed by atoms with Crippen molar-refractivity contribution in [2.24, 2.45) is 0 Å². The number of hydrogen-bond donors (Lipinski definition) is 0. The van der Waals surface area contributed by atoms with Crippen LogP contribution in [-0.4, -0.2) is 33.2 Å². The molecule has 0 saturated carbocycles. The predicted molar refractivity (Wildman–Crippen MR) is 96.0 cm³/mol. The normalized spacial score (nSPS) is 16.7. The molecule has 0 aliphatic carbocycles. The lowest BCUT2D eigenvalue weighted by Gasteiger charge is -2.35. The van der Waals surface area contributed by atoms with Gasteiger partial charge < -0.3 is 4.42 Å². The van der Waals surface area contributed by atoms with E-state index in [4.69, 9.17) is 9.68 Å². The Kier molecular flexibility index (Phi) is 4.65. The Morgan fingerprint density at radius 3 is 2.56 bits per heavy atom. The quantitative estimate of drug-likeness (QED) is 0.706. The summed E-state index contributed by atoms with van der Waals surface area (Å²) < 4.78 is 20.9. The van der Waals surface area contributed by atoms with E-state index in [9.17, 15) is 0 Å². The Hall–Kier alpha value is -3.11. The minimum atomic E-state index is -1.37. The Labute approximate surface area is 156 Å². The van der Waals surface area contributed by atoms with Gasteiger partial charge in [-0.15, -0.1) is 10.2 Å². The van der Waals surface area contributed by atoms with E-state index in [1.165, 1.54) is 0 Å². The largest absolute Gasteiger partial charge is 0.419 e. The van der Waals surface area contributed by atoms with Crippen LogP contribution in [0.3, 0.4) is 0 Å². The highest BCUT2D eigenvalue weighted by atomic mass is 19.1. The monoisotopic (exact) mass is 363 g/mol. The third kappa shape index (κ3) is 3.71. The standard InChI is InChI=1S/C20H18FN5O/c21-20(17-3-1-2-10-23-17)8-11-26(12-9-20)14-18-24-25-19(27-18)16-6-4-15(13-22)5-7-16/h1-7,10H,8-9,11-12,14H2. The molecule has 1 saturated heterocycles. The van der Waals surface area contributed by atoms with Crippen molar-refractivity contribution in [3.05, 3.63) is 65.8 Å². The molecule has 0 bridgehead atoms. The lowest BCUT2D eigenvalue weighted by Crippen LogP contribution is -2.40. The lowest BCUT2D eigenvalue weighted by atomic mass is 9.89. The van der Waals surface area contributed by atoms with Crippen LogP contribution in [0.15, 0.2) is 53.1 Å². The van der Waals surface area contributed by atoms with E-state index in [0.29, 0.717) is 55.5 Å². The van der Waals surface area contributed by atoms with E-state index in [2.05, 4.69) is 26.2 Å². The number of likely N-dealkylation sites (tertiary alicyclic amines) is 1. The molecular weight excluding hydrogens is 345 g/mol. The molecule has 1 fully saturated rings. The molecule has 0 spiro atoms. The van der Waals surface area contributed by atoms with Crippen molar-refractivity contribution in [2.45, 2.75) is 25.1 Å². The van der Waals surface area contributed by atoms with Crippen molar-refractivity contribution in [1.82, 2.24) is 20.1 Å². The van der Waals surface area contributed by atoms with Crippen molar-refractivity contribution in [1.29, 1.82) is 5.26 Å². The smallest absolute Gasteiger partial charge is 0.247 e. The van der Waals surface area contributed by atoms with E-state index < -0.39 is 5.67 Å². The van der Waals surface area contributed by atoms with E-state index in [1.807, 2.05) is 6.07 Å². The summed E-state index contributed by atoms with van der Waals surface area (Å²) in [4.78, 5) is 6.29. The summed E-state index contributed by atoms with van der Waals surface area (Å²) in [6.07, 6.45) is 2.41. The first-order chi connectivity index (χ1) is 13.2.